The lowest BCUT2D eigenvalue weighted by atomic mass is 10.4. The van der Waals surface area contributed by atoms with Crippen molar-refractivity contribution >= 4 is 17.6 Å². The van der Waals surface area contributed by atoms with Gasteiger partial charge in [-0.25, -0.2) is 0 Å². The molecule has 0 saturated heterocycles. The van der Waals surface area contributed by atoms with E-state index < -0.39 is 0 Å². The van der Waals surface area contributed by atoms with E-state index in [1.165, 1.54) is 11.3 Å². The van der Waals surface area contributed by atoms with Crippen LogP contribution in [0.3, 0.4) is 0 Å². The SMILES string of the molecule is O=Cc1ccc(CN=O)s1. The Balaban J connectivity index is 2.77. The molecule has 0 aliphatic rings. The molecule has 0 saturated carbocycles. The number of hydrogen-bond acceptors (Lipinski definition) is 4. The van der Waals surface area contributed by atoms with Crippen LogP contribution in [0.15, 0.2) is 17.3 Å². The summed E-state index contributed by atoms with van der Waals surface area (Å²) in [5, 5.41) is 2.70. The van der Waals surface area contributed by atoms with Crippen LogP contribution in [0.2, 0.25) is 0 Å². The van der Waals surface area contributed by atoms with Gasteiger partial charge in [0.15, 0.2) is 6.29 Å². The van der Waals surface area contributed by atoms with E-state index in [0.717, 1.165) is 11.2 Å². The minimum Gasteiger partial charge on any atom is -0.297 e. The minimum absolute atomic E-state index is 0.165. The summed E-state index contributed by atoms with van der Waals surface area (Å²) in [6, 6.07) is 3.41. The Bertz CT molecular complexity index is 244. The number of nitrogens with zero attached hydrogens (tertiary/aromatic N) is 1. The summed E-state index contributed by atoms with van der Waals surface area (Å²) in [6.45, 7) is 0.165. The van der Waals surface area contributed by atoms with E-state index >= 15 is 0 Å². The second kappa shape index (κ2) is 3.22. The third kappa shape index (κ3) is 1.48. The first-order valence-corrected chi connectivity index (χ1v) is 3.51. The van der Waals surface area contributed by atoms with Crippen LogP contribution in [0.4, 0.5) is 0 Å². The number of thiophene rings is 1. The zero-order valence-electron chi connectivity index (χ0n) is 5.11. The van der Waals surface area contributed by atoms with Gasteiger partial charge in [0.25, 0.3) is 0 Å². The maximum Gasteiger partial charge on any atom is 0.160 e. The smallest absolute Gasteiger partial charge is 0.160 e. The molecule has 1 rings (SSSR count). The van der Waals surface area contributed by atoms with E-state index in [9.17, 15) is 9.70 Å². The first kappa shape index (κ1) is 7.08. The van der Waals surface area contributed by atoms with Gasteiger partial charge in [0.1, 0.15) is 6.54 Å². The standard InChI is InChI=1S/C6H5NO2S/c8-4-6-2-1-5(10-6)3-7-9/h1-2,4H,3H2. The van der Waals surface area contributed by atoms with Crippen LogP contribution < -0.4 is 0 Å². The molecule has 0 aromatic carbocycles. The highest BCUT2D eigenvalue weighted by Crippen LogP contribution is 2.14. The van der Waals surface area contributed by atoms with Crippen LogP contribution in [0.5, 0.6) is 0 Å². The Morgan fingerprint density at radius 3 is 2.90 bits per heavy atom. The predicted molar refractivity (Wildman–Crippen MR) is 39.2 cm³/mol. The Kier molecular flexibility index (Phi) is 2.28. The van der Waals surface area contributed by atoms with E-state index in [-0.39, 0.29) is 6.54 Å². The monoisotopic (exact) mass is 155 g/mol. The van der Waals surface area contributed by atoms with Crippen molar-refractivity contribution in [2.75, 3.05) is 0 Å². The van der Waals surface area contributed by atoms with Gasteiger partial charge in [-0.1, -0.05) is 5.18 Å². The topological polar surface area (TPSA) is 46.5 Å². The van der Waals surface area contributed by atoms with Crippen LogP contribution in [0, 0.1) is 4.91 Å². The molecule has 10 heavy (non-hydrogen) atoms. The summed E-state index contributed by atoms with van der Waals surface area (Å²) < 4.78 is 0. The number of carbonyl (C=O) groups excluding carboxylic acids is 1. The van der Waals surface area contributed by atoms with Crippen LogP contribution in [0.25, 0.3) is 0 Å². The van der Waals surface area contributed by atoms with Crippen molar-refractivity contribution in [1.82, 2.24) is 0 Å². The van der Waals surface area contributed by atoms with Crippen molar-refractivity contribution in [3.8, 4) is 0 Å². The van der Waals surface area contributed by atoms with Crippen molar-refractivity contribution in [1.29, 1.82) is 0 Å². The molecular formula is C6H5NO2S. The highest BCUT2D eigenvalue weighted by atomic mass is 32.1. The highest BCUT2D eigenvalue weighted by Gasteiger charge is 1.96. The molecule has 1 aromatic rings. The molecule has 0 aliphatic heterocycles. The molecule has 4 heteroatoms. The number of hydrogen-bond donors (Lipinski definition) is 0. The number of rotatable bonds is 3. The lowest BCUT2D eigenvalue weighted by Crippen LogP contribution is -1.67. The molecular weight excluding hydrogens is 150 g/mol. The third-order valence-corrected chi connectivity index (χ3v) is 2.01. The Labute approximate surface area is 61.7 Å². The first-order valence-electron chi connectivity index (χ1n) is 2.70. The second-order valence-corrected chi connectivity index (χ2v) is 2.91. The van der Waals surface area contributed by atoms with Crippen LogP contribution in [0.1, 0.15) is 14.5 Å². The van der Waals surface area contributed by atoms with Crippen LogP contribution in [-0.2, 0) is 6.54 Å². The zero-order chi connectivity index (χ0) is 7.40. The van der Waals surface area contributed by atoms with Gasteiger partial charge in [0.05, 0.1) is 4.88 Å². The van der Waals surface area contributed by atoms with E-state index in [0.29, 0.717) is 4.88 Å². The summed E-state index contributed by atoms with van der Waals surface area (Å²) in [5.41, 5.74) is 0. The van der Waals surface area contributed by atoms with Gasteiger partial charge in [-0.3, -0.25) is 4.79 Å². The van der Waals surface area contributed by atoms with Crippen molar-refractivity contribution in [2.24, 2.45) is 5.18 Å². The Hall–Kier alpha value is -1.03. The average molecular weight is 155 g/mol. The molecule has 0 fully saturated rings. The lowest BCUT2D eigenvalue weighted by molar-refractivity contribution is 0.112. The third-order valence-electron chi connectivity index (χ3n) is 1.02. The molecule has 0 atom stereocenters. The van der Waals surface area contributed by atoms with Gasteiger partial charge < -0.3 is 0 Å². The van der Waals surface area contributed by atoms with E-state index in [2.05, 4.69) is 5.18 Å². The molecule has 0 unspecified atom stereocenters. The average Bonchev–Trinajstić information content (AvgIpc) is 2.37. The van der Waals surface area contributed by atoms with Gasteiger partial charge in [-0.05, 0) is 12.1 Å². The molecule has 0 amide bonds. The predicted octanol–water partition coefficient (Wildman–Crippen LogP) is 1.83. The second-order valence-electron chi connectivity index (χ2n) is 1.71. The summed E-state index contributed by atoms with van der Waals surface area (Å²) in [4.78, 5) is 21.3. The molecule has 0 aliphatic carbocycles. The van der Waals surface area contributed by atoms with Gasteiger partial charge >= 0.3 is 0 Å². The summed E-state index contributed by atoms with van der Waals surface area (Å²) in [6.07, 6.45) is 0.763. The molecule has 0 bridgehead atoms. The molecule has 0 spiro atoms. The Morgan fingerprint density at radius 2 is 2.40 bits per heavy atom. The number of aldehydes is 1. The van der Waals surface area contributed by atoms with E-state index in [1.807, 2.05) is 0 Å². The fourth-order valence-electron chi connectivity index (χ4n) is 0.606. The molecule has 0 N–H and O–H groups in total. The number of carbonyl (C=O) groups is 1. The summed E-state index contributed by atoms with van der Waals surface area (Å²) in [5.74, 6) is 0. The largest absolute Gasteiger partial charge is 0.297 e. The maximum atomic E-state index is 10.1. The van der Waals surface area contributed by atoms with Crippen molar-refractivity contribution in [3.05, 3.63) is 26.8 Å². The molecule has 1 heterocycles. The van der Waals surface area contributed by atoms with Crippen molar-refractivity contribution in [3.63, 3.8) is 0 Å². The number of nitroso groups, excluding NO2 is 1. The fraction of sp³-hybridized carbons (Fsp3) is 0.167. The van der Waals surface area contributed by atoms with Crippen LogP contribution in [-0.4, -0.2) is 6.29 Å². The van der Waals surface area contributed by atoms with E-state index in [1.54, 1.807) is 12.1 Å². The Morgan fingerprint density at radius 1 is 1.60 bits per heavy atom. The normalized spacial score (nSPS) is 9.20. The highest BCUT2D eigenvalue weighted by molar-refractivity contribution is 7.13. The van der Waals surface area contributed by atoms with Gasteiger partial charge in [-0.15, -0.1) is 11.3 Å². The van der Waals surface area contributed by atoms with Gasteiger partial charge in [0.2, 0.25) is 0 Å². The van der Waals surface area contributed by atoms with Crippen molar-refractivity contribution in [2.45, 2.75) is 6.54 Å². The van der Waals surface area contributed by atoms with E-state index in [4.69, 9.17) is 0 Å². The summed E-state index contributed by atoms with van der Waals surface area (Å²) >= 11 is 1.30. The minimum atomic E-state index is 0.165. The fourth-order valence-corrected chi connectivity index (χ4v) is 1.35. The quantitative estimate of drug-likeness (QED) is 0.493. The maximum absolute atomic E-state index is 10.1. The first-order chi connectivity index (χ1) is 4.86. The van der Waals surface area contributed by atoms with Crippen LogP contribution >= 0.6 is 11.3 Å². The molecule has 1 aromatic heterocycles. The zero-order valence-corrected chi connectivity index (χ0v) is 5.93. The molecule has 0 radical (unpaired) electrons. The molecule has 52 valence electrons. The lowest BCUT2D eigenvalue weighted by Gasteiger charge is -1.79. The molecule has 3 nitrogen and oxygen atoms in total. The summed E-state index contributed by atoms with van der Waals surface area (Å²) in [7, 11) is 0. The van der Waals surface area contributed by atoms with Gasteiger partial charge in [-0.2, -0.15) is 4.91 Å². The van der Waals surface area contributed by atoms with Crippen molar-refractivity contribution < 1.29 is 4.79 Å². The van der Waals surface area contributed by atoms with Gasteiger partial charge in [0, 0.05) is 4.88 Å².